The largest absolute Gasteiger partial charge is 0.339 e. The topological polar surface area (TPSA) is 83.0 Å². The van der Waals surface area contributed by atoms with Gasteiger partial charge in [0, 0.05) is 24.6 Å². The van der Waals surface area contributed by atoms with E-state index in [0.29, 0.717) is 16.6 Å². The fourth-order valence-corrected chi connectivity index (χ4v) is 2.88. The molecular weight excluding hydrogens is 268 g/mol. The van der Waals surface area contributed by atoms with E-state index in [2.05, 4.69) is 21.0 Å². The first-order valence-corrected chi connectivity index (χ1v) is 7.08. The number of fused-ring (bicyclic) bond motifs is 1. The van der Waals surface area contributed by atoms with Gasteiger partial charge in [0.25, 0.3) is 5.91 Å². The maximum atomic E-state index is 12.5. The molecule has 0 bridgehead atoms. The van der Waals surface area contributed by atoms with Crippen molar-refractivity contribution in [2.45, 2.75) is 31.7 Å². The molecule has 108 valence electrons. The Bertz CT molecular complexity index is 695. The van der Waals surface area contributed by atoms with Gasteiger partial charge in [-0.1, -0.05) is 0 Å². The van der Waals surface area contributed by atoms with Crippen LogP contribution in [0.3, 0.4) is 0 Å². The van der Waals surface area contributed by atoms with Gasteiger partial charge >= 0.3 is 0 Å². The third kappa shape index (κ3) is 2.59. The number of nitriles is 1. The second-order valence-corrected chi connectivity index (χ2v) is 5.52. The summed E-state index contributed by atoms with van der Waals surface area (Å²) in [4.78, 5) is 14.3. The molecule has 1 aromatic heterocycles. The van der Waals surface area contributed by atoms with Crippen LogP contribution >= 0.6 is 0 Å². The van der Waals surface area contributed by atoms with Crippen LogP contribution in [0.2, 0.25) is 0 Å². The molecule has 21 heavy (non-hydrogen) atoms. The Balaban J connectivity index is 1.73. The van der Waals surface area contributed by atoms with E-state index < -0.39 is 0 Å². The van der Waals surface area contributed by atoms with Gasteiger partial charge in [-0.05, 0) is 54.2 Å². The second-order valence-electron chi connectivity index (χ2n) is 5.52. The highest BCUT2D eigenvalue weighted by atomic mass is 16.6. The standard InChI is InChI=1S/C15H16N4O2/c1-19(12-5-2-10(9-16)3-6-12)15(20)11-4-7-13-14(8-11)18-21-17-13/h4,7-8,10,12H,2-3,5-6H2,1H3/t10-,12+. The predicted octanol–water partition coefficient (Wildman–Crippen LogP) is 2.38. The molecule has 0 atom stereocenters. The monoisotopic (exact) mass is 284 g/mol. The lowest BCUT2D eigenvalue weighted by molar-refractivity contribution is 0.0686. The summed E-state index contributed by atoms with van der Waals surface area (Å²) in [7, 11) is 1.82. The van der Waals surface area contributed by atoms with Gasteiger partial charge in [-0.3, -0.25) is 4.79 Å². The Kier molecular flexibility index (Phi) is 3.57. The van der Waals surface area contributed by atoms with Crippen LogP contribution in [0.25, 0.3) is 11.0 Å². The Morgan fingerprint density at radius 2 is 2.00 bits per heavy atom. The molecule has 1 heterocycles. The van der Waals surface area contributed by atoms with E-state index in [0.717, 1.165) is 25.7 Å². The number of hydrogen-bond donors (Lipinski definition) is 0. The van der Waals surface area contributed by atoms with Crippen molar-refractivity contribution in [3.8, 4) is 6.07 Å². The molecule has 6 nitrogen and oxygen atoms in total. The molecule has 0 saturated heterocycles. The van der Waals surface area contributed by atoms with Gasteiger partial charge < -0.3 is 4.90 Å². The molecular formula is C15H16N4O2. The molecule has 0 N–H and O–H groups in total. The van der Waals surface area contributed by atoms with Crippen molar-refractivity contribution in [2.75, 3.05) is 7.05 Å². The second kappa shape index (κ2) is 5.52. The lowest BCUT2D eigenvalue weighted by Crippen LogP contribution is -2.39. The summed E-state index contributed by atoms with van der Waals surface area (Å²) in [6, 6.07) is 7.69. The number of rotatable bonds is 2. The average molecular weight is 284 g/mol. The zero-order valence-corrected chi connectivity index (χ0v) is 11.8. The quantitative estimate of drug-likeness (QED) is 0.845. The summed E-state index contributed by atoms with van der Waals surface area (Å²) in [5, 5.41) is 16.4. The Morgan fingerprint density at radius 3 is 2.71 bits per heavy atom. The average Bonchev–Trinajstić information content (AvgIpc) is 3.01. The fourth-order valence-electron chi connectivity index (χ4n) is 2.88. The van der Waals surface area contributed by atoms with Crippen LogP contribution in [0.1, 0.15) is 36.0 Å². The van der Waals surface area contributed by atoms with Crippen molar-refractivity contribution >= 4 is 16.9 Å². The van der Waals surface area contributed by atoms with Crippen molar-refractivity contribution in [3.05, 3.63) is 23.8 Å². The summed E-state index contributed by atoms with van der Waals surface area (Å²) < 4.78 is 4.65. The van der Waals surface area contributed by atoms with Crippen LogP contribution in [-0.2, 0) is 0 Å². The zero-order valence-electron chi connectivity index (χ0n) is 11.8. The molecule has 0 unspecified atom stereocenters. The van der Waals surface area contributed by atoms with Crippen LogP contribution in [0, 0.1) is 17.2 Å². The summed E-state index contributed by atoms with van der Waals surface area (Å²) in [6.45, 7) is 0. The third-order valence-electron chi connectivity index (χ3n) is 4.25. The molecule has 2 aromatic rings. The molecule has 0 radical (unpaired) electrons. The lowest BCUT2D eigenvalue weighted by Gasteiger charge is -2.32. The molecule has 1 aliphatic carbocycles. The van der Waals surface area contributed by atoms with Gasteiger partial charge in [0.2, 0.25) is 0 Å². The van der Waals surface area contributed by atoms with E-state index in [1.807, 2.05) is 7.05 Å². The van der Waals surface area contributed by atoms with Gasteiger partial charge in [-0.15, -0.1) is 0 Å². The molecule has 1 aliphatic rings. The highest BCUT2D eigenvalue weighted by Crippen LogP contribution is 2.27. The highest BCUT2D eigenvalue weighted by Gasteiger charge is 2.27. The van der Waals surface area contributed by atoms with Gasteiger partial charge in [-0.2, -0.15) is 5.26 Å². The van der Waals surface area contributed by atoms with E-state index >= 15 is 0 Å². The van der Waals surface area contributed by atoms with E-state index in [9.17, 15) is 4.79 Å². The summed E-state index contributed by atoms with van der Waals surface area (Å²) in [6.07, 6.45) is 3.50. The lowest BCUT2D eigenvalue weighted by atomic mass is 9.86. The van der Waals surface area contributed by atoms with Crippen molar-refractivity contribution in [1.82, 2.24) is 15.2 Å². The van der Waals surface area contributed by atoms with Crippen LogP contribution in [0.5, 0.6) is 0 Å². The molecule has 3 rings (SSSR count). The minimum Gasteiger partial charge on any atom is -0.339 e. The minimum absolute atomic E-state index is 0.0275. The number of hydrogen-bond acceptors (Lipinski definition) is 5. The van der Waals surface area contributed by atoms with Crippen LogP contribution in [0.4, 0.5) is 0 Å². The maximum Gasteiger partial charge on any atom is 0.253 e. The Morgan fingerprint density at radius 1 is 1.29 bits per heavy atom. The first-order valence-electron chi connectivity index (χ1n) is 7.08. The minimum atomic E-state index is -0.0275. The fraction of sp³-hybridized carbons (Fsp3) is 0.467. The molecule has 1 amide bonds. The third-order valence-corrected chi connectivity index (χ3v) is 4.25. The number of benzene rings is 1. The normalized spacial score (nSPS) is 21.9. The molecule has 0 spiro atoms. The van der Waals surface area contributed by atoms with E-state index in [1.165, 1.54) is 0 Å². The molecule has 1 saturated carbocycles. The van der Waals surface area contributed by atoms with Crippen molar-refractivity contribution < 1.29 is 9.42 Å². The summed E-state index contributed by atoms with van der Waals surface area (Å²) in [5.41, 5.74) is 1.81. The number of carbonyl (C=O) groups is 1. The van der Waals surface area contributed by atoms with E-state index in [4.69, 9.17) is 5.26 Å². The Hall–Kier alpha value is -2.42. The smallest absolute Gasteiger partial charge is 0.253 e. The first kappa shape index (κ1) is 13.6. The maximum absolute atomic E-state index is 12.5. The van der Waals surface area contributed by atoms with Crippen molar-refractivity contribution in [1.29, 1.82) is 5.26 Å². The van der Waals surface area contributed by atoms with Crippen LogP contribution in [0.15, 0.2) is 22.8 Å². The highest BCUT2D eigenvalue weighted by molar-refractivity contribution is 5.97. The summed E-state index contributed by atoms with van der Waals surface area (Å²) >= 11 is 0. The first-order chi connectivity index (χ1) is 10.2. The van der Waals surface area contributed by atoms with E-state index in [1.54, 1.807) is 23.1 Å². The molecule has 0 aliphatic heterocycles. The Labute approximate surface area is 122 Å². The van der Waals surface area contributed by atoms with Crippen molar-refractivity contribution in [3.63, 3.8) is 0 Å². The van der Waals surface area contributed by atoms with Crippen LogP contribution < -0.4 is 0 Å². The molecule has 6 heteroatoms. The summed E-state index contributed by atoms with van der Waals surface area (Å²) in [5.74, 6) is 0.114. The van der Waals surface area contributed by atoms with Gasteiger partial charge in [0.05, 0.1) is 6.07 Å². The number of carbonyl (C=O) groups excluding carboxylic acids is 1. The van der Waals surface area contributed by atoms with Crippen LogP contribution in [-0.4, -0.2) is 34.2 Å². The molecule has 1 fully saturated rings. The van der Waals surface area contributed by atoms with E-state index in [-0.39, 0.29) is 17.9 Å². The predicted molar refractivity (Wildman–Crippen MR) is 75.3 cm³/mol. The zero-order chi connectivity index (χ0) is 14.8. The number of amides is 1. The van der Waals surface area contributed by atoms with Gasteiger partial charge in [0.15, 0.2) is 0 Å². The van der Waals surface area contributed by atoms with Gasteiger partial charge in [-0.25, -0.2) is 4.63 Å². The van der Waals surface area contributed by atoms with Gasteiger partial charge in [0.1, 0.15) is 11.0 Å². The number of aromatic nitrogens is 2. The number of nitrogens with zero attached hydrogens (tertiary/aromatic N) is 4. The SMILES string of the molecule is CN(C(=O)c1ccc2nonc2c1)[C@H]1CC[C@@H](C#N)CC1. The van der Waals surface area contributed by atoms with Crippen molar-refractivity contribution in [2.24, 2.45) is 5.92 Å². The molecule has 1 aromatic carbocycles.